The molecule has 0 atom stereocenters. The molecule has 90 valence electrons. The van der Waals surface area contributed by atoms with E-state index in [-0.39, 0.29) is 5.91 Å². The molecule has 0 spiro atoms. The summed E-state index contributed by atoms with van der Waals surface area (Å²) in [6.45, 7) is 1.88. The Kier molecular flexibility index (Phi) is 3.35. The lowest BCUT2D eigenvalue weighted by molar-refractivity contribution is 0.103. The van der Waals surface area contributed by atoms with Gasteiger partial charge in [0.1, 0.15) is 0 Å². The molecular weight excluding hydrogens is 244 g/mol. The number of amides is 1. The number of nitrogen functional groups attached to an aromatic ring is 1. The summed E-state index contributed by atoms with van der Waals surface area (Å²) in [6.07, 6.45) is 5.31. The first-order valence-corrected chi connectivity index (χ1v) is 6.15. The zero-order chi connectivity index (χ0) is 13.1. The quantitative estimate of drug-likeness (QED) is 0.812. The van der Waals surface area contributed by atoms with E-state index < -0.39 is 0 Å². The second kappa shape index (κ2) is 4.94. The molecule has 2 rings (SSSR count). The van der Waals surface area contributed by atoms with E-state index in [0.717, 1.165) is 10.4 Å². The van der Waals surface area contributed by atoms with Crippen molar-refractivity contribution < 1.29 is 4.79 Å². The number of hydrogen-bond acceptors (Lipinski definition) is 3. The summed E-state index contributed by atoms with van der Waals surface area (Å²) >= 11 is 1.37. The summed E-state index contributed by atoms with van der Waals surface area (Å²) < 4.78 is 0. The lowest BCUT2D eigenvalue weighted by atomic mass is 10.2. The topological polar surface area (TPSA) is 55.1 Å². The van der Waals surface area contributed by atoms with Crippen LogP contribution in [-0.4, -0.2) is 5.91 Å². The third-order valence-electron chi connectivity index (χ3n) is 2.47. The van der Waals surface area contributed by atoms with Crippen molar-refractivity contribution in [1.82, 2.24) is 0 Å². The molecule has 1 amide bonds. The molecule has 0 aliphatic rings. The van der Waals surface area contributed by atoms with E-state index in [2.05, 4.69) is 11.2 Å². The molecule has 0 fully saturated rings. The molecule has 0 radical (unpaired) electrons. The minimum absolute atomic E-state index is 0.172. The first kappa shape index (κ1) is 12.2. The van der Waals surface area contributed by atoms with Crippen molar-refractivity contribution in [2.75, 3.05) is 11.1 Å². The zero-order valence-electron chi connectivity index (χ0n) is 9.86. The summed E-state index contributed by atoms with van der Waals surface area (Å²) in [5.41, 5.74) is 7.77. The fraction of sp³-hybridized carbons (Fsp3) is 0.0714. The van der Waals surface area contributed by atoms with Crippen LogP contribution < -0.4 is 11.1 Å². The first-order chi connectivity index (χ1) is 8.60. The lowest BCUT2D eigenvalue weighted by Crippen LogP contribution is -2.10. The maximum Gasteiger partial charge on any atom is 0.265 e. The van der Waals surface area contributed by atoms with Crippen LogP contribution in [-0.2, 0) is 0 Å². The van der Waals surface area contributed by atoms with Gasteiger partial charge < -0.3 is 11.1 Å². The van der Waals surface area contributed by atoms with Gasteiger partial charge >= 0.3 is 0 Å². The van der Waals surface area contributed by atoms with Crippen LogP contribution >= 0.6 is 11.3 Å². The fourth-order valence-corrected chi connectivity index (χ4v) is 2.32. The van der Waals surface area contributed by atoms with Crippen molar-refractivity contribution in [1.29, 1.82) is 0 Å². The molecule has 4 heteroatoms. The van der Waals surface area contributed by atoms with Gasteiger partial charge in [0.2, 0.25) is 0 Å². The minimum Gasteiger partial charge on any atom is -0.398 e. The summed E-state index contributed by atoms with van der Waals surface area (Å²) in [5, 5.41) is 2.79. The predicted octanol–water partition coefficient (Wildman–Crippen LogP) is 2.87. The smallest absolute Gasteiger partial charge is 0.265 e. The Bertz CT molecular complexity index is 618. The highest BCUT2D eigenvalue weighted by atomic mass is 32.1. The molecule has 0 aliphatic heterocycles. The van der Waals surface area contributed by atoms with Crippen molar-refractivity contribution in [3.05, 3.63) is 45.6 Å². The highest BCUT2D eigenvalue weighted by molar-refractivity contribution is 7.14. The van der Waals surface area contributed by atoms with E-state index in [1.807, 2.05) is 13.0 Å². The van der Waals surface area contributed by atoms with E-state index in [9.17, 15) is 4.79 Å². The molecule has 0 saturated heterocycles. The average Bonchev–Trinajstić information content (AvgIpc) is 2.70. The summed E-state index contributed by atoms with van der Waals surface area (Å²) in [5.74, 6) is 2.35. The van der Waals surface area contributed by atoms with Gasteiger partial charge in [-0.05, 0) is 31.2 Å². The van der Waals surface area contributed by atoms with Crippen LogP contribution in [0.25, 0.3) is 0 Å². The molecule has 0 aliphatic carbocycles. The molecule has 3 nitrogen and oxygen atoms in total. The Balaban J connectivity index is 2.19. The number of hydrogen-bond donors (Lipinski definition) is 2. The van der Waals surface area contributed by atoms with Crippen LogP contribution in [0.1, 0.15) is 20.1 Å². The van der Waals surface area contributed by atoms with Crippen molar-refractivity contribution in [3.63, 3.8) is 0 Å². The van der Waals surface area contributed by atoms with Gasteiger partial charge in [-0.1, -0.05) is 12.0 Å². The Hall–Kier alpha value is -2.25. The molecule has 1 heterocycles. The Morgan fingerprint density at radius 3 is 2.83 bits per heavy atom. The third-order valence-corrected chi connectivity index (χ3v) is 3.53. The first-order valence-electron chi connectivity index (χ1n) is 5.34. The van der Waals surface area contributed by atoms with Gasteiger partial charge in [0.05, 0.1) is 4.88 Å². The van der Waals surface area contributed by atoms with E-state index in [4.69, 9.17) is 12.2 Å². The Labute approximate surface area is 110 Å². The molecule has 0 bridgehead atoms. The SMILES string of the molecule is C#Cc1cccc(NC(=O)c2cc(N)c(C)s2)c1. The maximum absolute atomic E-state index is 12.0. The van der Waals surface area contributed by atoms with Crippen molar-refractivity contribution >= 4 is 28.6 Å². The predicted molar refractivity (Wildman–Crippen MR) is 75.8 cm³/mol. The van der Waals surface area contributed by atoms with Gasteiger partial charge in [-0.3, -0.25) is 4.79 Å². The highest BCUT2D eigenvalue weighted by Crippen LogP contribution is 2.24. The minimum atomic E-state index is -0.172. The van der Waals surface area contributed by atoms with Crippen molar-refractivity contribution in [2.24, 2.45) is 0 Å². The molecule has 1 aromatic carbocycles. The van der Waals surface area contributed by atoms with E-state index in [1.54, 1.807) is 24.3 Å². The summed E-state index contributed by atoms with van der Waals surface area (Å²) in [4.78, 5) is 13.5. The number of carbonyl (C=O) groups is 1. The number of terminal acetylenes is 1. The van der Waals surface area contributed by atoms with Gasteiger partial charge in [0, 0.05) is 21.8 Å². The van der Waals surface area contributed by atoms with E-state index >= 15 is 0 Å². The normalized spacial score (nSPS) is 9.78. The number of rotatable bonds is 2. The number of benzene rings is 1. The molecule has 2 aromatic rings. The second-order valence-electron chi connectivity index (χ2n) is 3.80. The molecule has 18 heavy (non-hydrogen) atoms. The number of nitrogens with one attached hydrogen (secondary N) is 1. The zero-order valence-corrected chi connectivity index (χ0v) is 10.7. The van der Waals surface area contributed by atoms with E-state index in [0.29, 0.717) is 16.3 Å². The largest absolute Gasteiger partial charge is 0.398 e. The number of nitrogens with two attached hydrogens (primary N) is 1. The Morgan fingerprint density at radius 1 is 1.44 bits per heavy atom. The standard InChI is InChI=1S/C14H12N2OS/c1-3-10-5-4-6-11(7-10)16-14(17)13-8-12(15)9(2)18-13/h1,4-8H,15H2,2H3,(H,16,17). The Morgan fingerprint density at radius 2 is 2.22 bits per heavy atom. The van der Waals surface area contributed by atoms with Gasteiger partial charge in [0.15, 0.2) is 0 Å². The summed E-state index contributed by atoms with van der Waals surface area (Å²) in [7, 11) is 0. The van der Waals surface area contributed by atoms with Gasteiger partial charge in [-0.25, -0.2) is 0 Å². The maximum atomic E-state index is 12.0. The second-order valence-corrected chi connectivity index (χ2v) is 5.06. The highest BCUT2D eigenvalue weighted by Gasteiger charge is 2.11. The molecule has 3 N–H and O–H groups in total. The van der Waals surface area contributed by atoms with Crippen molar-refractivity contribution in [3.8, 4) is 12.3 Å². The molecule has 0 saturated carbocycles. The summed E-state index contributed by atoms with van der Waals surface area (Å²) in [6, 6.07) is 8.84. The monoisotopic (exact) mass is 256 g/mol. The number of carbonyl (C=O) groups excluding carboxylic acids is 1. The van der Waals surface area contributed by atoms with Crippen LogP contribution in [0, 0.1) is 19.3 Å². The van der Waals surface area contributed by atoms with Crippen LogP contribution in [0.5, 0.6) is 0 Å². The van der Waals surface area contributed by atoms with Gasteiger partial charge in [0.25, 0.3) is 5.91 Å². The van der Waals surface area contributed by atoms with Gasteiger partial charge in [-0.15, -0.1) is 17.8 Å². The fourth-order valence-electron chi connectivity index (χ4n) is 1.49. The molecular formula is C14H12N2OS. The van der Waals surface area contributed by atoms with Gasteiger partial charge in [-0.2, -0.15) is 0 Å². The van der Waals surface area contributed by atoms with Crippen LogP contribution in [0.15, 0.2) is 30.3 Å². The van der Waals surface area contributed by atoms with Crippen LogP contribution in [0.4, 0.5) is 11.4 Å². The lowest BCUT2D eigenvalue weighted by Gasteiger charge is -2.03. The average molecular weight is 256 g/mol. The van der Waals surface area contributed by atoms with Crippen molar-refractivity contribution in [2.45, 2.75) is 6.92 Å². The molecule has 0 unspecified atom stereocenters. The number of aryl methyl sites for hydroxylation is 1. The van der Waals surface area contributed by atoms with E-state index in [1.165, 1.54) is 11.3 Å². The number of thiophene rings is 1. The molecule has 1 aromatic heterocycles. The third kappa shape index (κ3) is 2.53. The van der Waals surface area contributed by atoms with Crippen LogP contribution in [0.3, 0.4) is 0 Å². The number of anilines is 2. The van der Waals surface area contributed by atoms with Crippen LogP contribution in [0.2, 0.25) is 0 Å².